The molecule has 0 spiro atoms. The smallest absolute Gasteiger partial charge is 0.289 e. The highest BCUT2D eigenvalue weighted by molar-refractivity contribution is 6.31. The maximum atomic E-state index is 12.7. The number of nitrogens with one attached hydrogen (secondary N) is 1. The zero-order valence-corrected chi connectivity index (χ0v) is 14.3. The predicted octanol–water partition coefficient (Wildman–Crippen LogP) is 3.58. The van der Waals surface area contributed by atoms with Gasteiger partial charge in [0.2, 0.25) is 0 Å². The van der Waals surface area contributed by atoms with Gasteiger partial charge in [0.1, 0.15) is 5.58 Å². The van der Waals surface area contributed by atoms with Crippen LogP contribution >= 0.6 is 24.0 Å². The van der Waals surface area contributed by atoms with Gasteiger partial charge in [0.05, 0.1) is 0 Å². The van der Waals surface area contributed by atoms with Crippen molar-refractivity contribution in [1.29, 1.82) is 0 Å². The summed E-state index contributed by atoms with van der Waals surface area (Å²) in [6.07, 6.45) is 2.16. The van der Waals surface area contributed by atoms with E-state index in [0.29, 0.717) is 28.2 Å². The molecule has 2 aliphatic heterocycles. The number of rotatable bonds is 1. The van der Waals surface area contributed by atoms with E-state index in [2.05, 4.69) is 5.32 Å². The SMILES string of the molecule is Cl.O=C(c1cc2cc(Cl)ccc2o1)N1CC[C@@H]2CNC[C@@H]2CC1. The lowest BCUT2D eigenvalue weighted by molar-refractivity contribution is 0.0729. The van der Waals surface area contributed by atoms with E-state index in [4.69, 9.17) is 16.0 Å². The van der Waals surface area contributed by atoms with Crippen molar-refractivity contribution in [3.63, 3.8) is 0 Å². The van der Waals surface area contributed by atoms with Crippen LogP contribution in [0.4, 0.5) is 0 Å². The molecule has 2 fully saturated rings. The van der Waals surface area contributed by atoms with Gasteiger partial charge in [0, 0.05) is 23.5 Å². The molecule has 0 aliphatic carbocycles. The van der Waals surface area contributed by atoms with Gasteiger partial charge in [-0.15, -0.1) is 12.4 Å². The summed E-state index contributed by atoms with van der Waals surface area (Å²) in [5.41, 5.74) is 0.712. The molecule has 1 amide bonds. The minimum absolute atomic E-state index is 0. The molecule has 4 nitrogen and oxygen atoms in total. The molecule has 2 atom stereocenters. The second-order valence-corrected chi connectivity index (χ2v) is 6.78. The normalized spacial score (nSPS) is 24.1. The van der Waals surface area contributed by atoms with Gasteiger partial charge in [-0.2, -0.15) is 0 Å². The van der Waals surface area contributed by atoms with Gasteiger partial charge in [0.15, 0.2) is 5.76 Å². The summed E-state index contributed by atoms with van der Waals surface area (Å²) in [5.74, 6) is 1.85. The molecule has 0 radical (unpaired) electrons. The highest BCUT2D eigenvalue weighted by Crippen LogP contribution is 2.29. The molecule has 23 heavy (non-hydrogen) atoms. The lowest BCUT2D eigenvalue weighted by atomic mass is 9.92. The Bertz CT molecular complexity index is 702. The van der Waals surface area contributed by atoms with Crippen molar-refractivity contribution in [2.24, 2.45) is 11.8 Å². The first-order chi connectivity index (χ1) is 10.7. The van der Waals surface area contributed by atoms with Crippen molar-refractivity contribution in [3.05, 3.63) is 35.0 Å². The van der Waals surface area contributed by atoms with Crippen LogP contribution in [-0.4, -0.2) is 37.0 Å². The molecule has 1 aromatic carbocycles. The number of hydrogen-bond donors (Lipinski definition) is 1. The number of carbonyl (C=O) groups is 1. The van der Waals surface area contributed by atoms with E-state index < -0.39 is 0 Å². The van der Waals surface area contributed by atoms with Crippen LogP contribution in [0.3, 0.4) is 0 Å². The minimum atomic E-state index is 0. The van der Waals surface area contributed by atoms with Gasteiger partial charge in [-0.05, 0) is 62.0 Å². The van der Waals surface area contributed by atoms with Gasteiger partial charge < -0.3 is 14.6 Å². The number of hydrogen-bond acceptors (Lipinski definition) is 3. The first kappa shape index (κ1) is 16.6. The quantitative estimate of drug-likeness (QED) is 0.851. The van der Waals surface area contributed by atoms with Crippen LogP contribution in [-0.2, 0) is 0 Å². The summed E-state index contributed by atoms with van der Waals surface area (Å²) in [4.78, 5) is 14.7. The summed E-state index contributed by atoms with van der Waals surface area (Å²) in [6.45, 7) is 3.82. The summed E-state index contributed by atoms with van der Waals surface area (Å²) < 4.78 is 5.71. The molecular formula is C17H20Cl2N2O2. The van der Waals surface area contributed by atoms with Crippen LogP contribution in [0.5, 0.6) is 0 Å². The molecule has 124 valence electrons. The van der Waals surface area contributed by atoms with E-state index >= 15 is 0 Å². The molecule has 0 saturated carbocycles. The minimum Gasteiger partial charge on any atom is -0.451 e. The van der Waals surface area contributed by atoms with Gasteiger partial charge in [-0.1, -0.05) is 11.6 Å². The Labute approximate surface area is 146 Å². The average molecular weight is 355 g/mol. The second-order valence-electron chi connectivity index (χ2n) is 6.34. The molecule has 4 rings (SSSR count). The Hall–Kier alpha value is -1.23. The van der Waals surface area contributed by atoms with Crippen LogP contribution in [0.25, 0.3) is 11.0 Å². The Morgan fingerprint density at radius 3 is 2.57 bits per heavy atom. The molecule has 3 heterocycles. The Morgan fingerprint density at radius 1 is 1.17 bits per heavy atom. The summed E-state index contributed by atoms with van der Waals surface area (Å²) in [7, 11) is 0. The van der Waals surface area contributed by atoms with Crippen LogP contribution in [0.1, 0.15) is 23.4 Å². The number of halogens is 2. The van der Waals surface area contributed by atoms with E-state index in [1.807, 2.05) is 17.0 Å². The van der Waals surface area contributed by atoms with E-state index in [9.17, 15) is 4.79 Å². The summed E-state index contributed by atoms with van der Waals surface area (Å²) in [5, 5.41) is 4.99. The van der Waals surface area contributed by atoms with Crippen LogP contribution in [0.15, 0.2) is 28.7 Å². The number of fused-ring (bicyclic) bond motifs is 2. The zero-order chi connectivity index (χ0) is 15.1. The first-order valence-corrected chi connectivity index (χ1v) is 8.27. The highest BCUT2D eigenvalue weighted by atomic mass is 35.5. The zero-order valence-electron chi connectivity index (χ0n) is 12.8. The third-order valence-electron chi connectivity index (χ3n) is 5.00. The van der Waals surface area contributed by atoms with Crippen molar-refractivity contribution in [2.45, 2.75) is 12.8 Å². The molecule has 0 unspecified atom stereocenters. The molecule has 6 heteroatoms. The maximum Gasteiger partial charge on any atom is 0.289 e. The van der Waals surface area contributed by atoms with Gasteiger partial charge in [-0.3, -0.25) is 4.79 Å². The van der Waals surface area contributed by atoms with Crippen molar-refractivity contribution in [2.75, 3.05) is 26.2 Å². The van der Waals surface area contributed by atoms with E-state index in [1.165, 1.54) is 0 Å². The van der Waals surface area contributed by atoms with Crippen LogP contribution < -0.4 is 5.32 Å². The number of amides is 1. The monoisotopic (exact) mass is 354 g/mol. The lowest BCUT2D eigenvalue weighted by Crippen LogP contribution is -2.32. The van der Waals surface area contributed by atoms with Gasteiger partial charge >= 0.3 is 0 Å². The molecule has 2 aromatic rings. The molecular weight excluding hydrogens is 335 g/mol. The number of benzene rings is 1. The average Bonchev–Trinajstić information content (AvgIpc) is 3.08. The first-order valence-electron chi connectivity index (χ1n) is 7.90. The van der Waals surface area contributed by atoms with Crippen molar-refractivity contribution in [3.8, 4) is 0 Å². The van der Waals surface area contributed by atoms with Gasteiger partial charge in [-0.25, -0.2) is 0 Å². The van der Waals surface area contributed by atoms with Crippen molar-refractivity contribution >= 4 is 40.9 Å². The number of carbonyl (C=O) groups excluding carboxylic acids is 1. The highest BCUT2D eigenvalue weighted by Gasteiger charge is 2.32. The van der Waals surface area contributed by atoms with E-state index in [0.717, 1.165) is 44.4 Å². The fraction of sp³-hybridized carbons (Fsp3) is 0.471. The van der Waals surface area contributed by atoms with Gasteiger partial charge in [0.25, 0.3) is 5.91 Å². The third-order valence-corrected chi connectivity index (χ3v) is 5.23. The van der Waals surface area contributed by atoms with E-state index in [1.54, 1.807) is 12.1 Å². The maximum absolute atomic E-state index is 12.7. The van der Waals surface area contributed by atoms with Crippen molar-refractivity contribution in [1.82, 2.24) is 10.2 Å². The van der Waals surface area contributed by atoms with E-state index in [-0.39, 0.29) is 18.3 Å². The second kappa shape index (κ2) is 6.71. The topological polar surface area (TPSA) is 45.5 Å². The largest absolute Gasteiger partial charge is 0.451 e. The predicted molar refractivity (Wildman–Crippen MR) is 93.5 cm³/mol. The summed E-state index contributed by atoms with van der Waals surface area (Å²) in [6, 6.07) is 7.22. The lowest BCUT2D eigenvalue weighted by Gasteiger charge is -2.19. The standard InChI is InChI=1S/C17H19ClN2O2.ClH/c18-14-1-2-15-13(7-14)8-16(22-15)17(21)20-5-3-11-9-19-10-12(11)4-6-20;/h1-2,7-8,11-12,19H,3-6,9-10H2;1H/t11-,12+;. The van der Waals surface area contributed by atoms with Crippen molar-refractivity contribution < 1.29 is 9.21 Å². The molecule has 1 aromatic heterocycles. The third kappa shape index (κ3) is 3.21. The Morgan fingerprint density at radius 2 is 1.87 bits per heavy atom. The Kier molecular flexibility index (Phi) is 4.85. The molecule has 2 aliphatic rings. The number of likely N-dealkylation sites (tertiary alicyclic amines) is 1. The Balaban J connectivity index is 0.00000156. The summed E-state index contributed by atoms with van der Waals surface area (Å²) >= 11 is 5.99. The fourth-order valence-electron chi connectivity index (χ4n) is 3.70. The molecule has 2 saturated heterocycles. The number of nitrogens with zero attached hydrogens (tertiary/aromatic N) is 1. The molecule has 1 N–H and O–H groups in total. The van der Waals surface area contributed by atoms with Crippen LogP contribution in [0, 0.1) is 11.8 Å². The molecule has 0 bridgehead atoms. The number of furan rings is 1. The fourth-order valence-corrected chi connectivity index (χ4v) is 3.88. The van der Waals surface area contributed by atoms with Crippen LogP contribution in [0.2, 0.25) is 5.02 Å².